The van der Waals surface area contributed by atoms with Crippen molar-refractivity contribution in [3.05, 3.63) is 53.9 Å². The summed E-state index contributed by atoms with van der Waals surface area (Å²) in [7, 11) is 0. The van der Waals surface area contributed by atoms with E-state index in [-0.39, 0.29) is 11.6 Å². The van der Waals surface area contributed by atoms with Crippen molar-refractivity contribution in [2.45, 2.75) is 19.5 Å². The average molecular weight is 273 g/mol. The van der Waals surface area contributed by atoms with Gasteiger partial charge in [0.05, 0.1) is 13.1 Å². The van der Waals surface area contributed by atoms with Gasteiger partial charge in [0.1, 0.15) is 11.6 Å². The number of hydrogen-bond donors (Lipinski definition) is 0. The molecule has 1 aromatic carbocycles. The number of Topliss-reactive ketones (excluding diaryl/α,β-unsaturated/α-hetero) is 1. The molecule has 0 aliphatic carbocycles. The SMILES string of the molecule is O=C(Cc1ccc(F)cc1)CN1CCn2ccnc2C1. The Labute approximate surface area is 116 Å². The molecule has 1 aromatic heterocycles. The minimum absolute atomic E-state index is 0.150. The zero-order valence-electron chi connectivity index (χ0n) is 11.1. The molecule has 0 radical (unpaired) electrons. The first-order chi connectivity index (χ1) is 9.70. The van der Waals surface area contributed by atoms with Gasteiger partial charge in [0.15, 0.2) is 5.78 Å². The second-order valence-corrected chi connectivity index (χ2v) is 5.09. The number of carbonyl (C=O) groups is 1. The minimum Gasteiger partial charge on any atom is -0.333 e. The third-order valence-corrected chi connectivity index (χ3v) is 3.54. The Bertz CT molecular complexity index is 606. The number of halogens is 1. The quantitative estimate of drug-likeness (QED) is 0.850. The van der Waals surface area contributed by atoms with Crippen LogP contribution in [0.2, 0.25) is 0 Å². The van der Waals surface area contributed by atoms with Crippen molar-refractivity contribution >= 4 is 5.78 Å². The summed E-state index contributed by atoms with van der Waals surface area (Å²) >= 11 is 0. The van der Waals surface area contributed by atoms with Crippen LogP contribution in [-0.2, 0) is 24.3 Å². The van der Waals surface area contributed by atoms with E-state index in [1.54, 1.807) is 18.3 Å². The number of nitrogens with zero attached hydrogens (tertiary/aromatic N) is 3. The van der Waals surface area contributed by atoms with Crippen molar-refractivity contribution < 1.29 is 9.18 Å². The van der Waals surface area contributed by atoms with Gasteiger partial charge in [-0.05, 0) is 17.7 Å². The fraction of sp³-hybridized carbons (Fsp3) is 0.333. The van der Waals surface area contributed by atoms with E-state index in [0.717, 1.165) is 24.5 Å². The van der Waals surface area contributed by atoms with E-state index in [2.05, 4.69) is 14.5 Å². The number of ketones is 1. The van der Waals surface area contributed by atoms with Crippen LogP contribution in [0.25, 0.3) is 0 Å². The Kier molecular flexibility index (Phi) is 3.60. The largest absolute Gasteiger partial charge is 0.333 e. The lowest BCUT2D eigenvalue weighted by Crippen LogP contribution is -2.37. The van der Waals surface area contributed by atoms with Crippen LogP contribution in [0.15, 0.2) is 36.7 Å². The number of fused-ring (bicyclic) bond motifs is 1. The maximum absolute atomic E-state index is 12.8. The molecule has 104 valence electrons. The number of carbonyl (C=O) groups excluding carboxylic acids is 1. The first kappa shape index (κ1) is 13.0. The zero-order valence-corrected chi connectivity index (χ0v) is 11.1. The topological polar surface area (TPSA) is 38.1 Å². The van der Waals surface area contributed by atoms with Crippen LogP contribution in [0.4, 0.5) is 4.39 Å². The summed E-state index contributed by atoms with van der Waals surface area (Å²) in [6.45, 7) is 2.87. The molecule has 0 N–H and O–H groups in total. The molecule has 0 unspecified atom stereocenters. The number of rotatable bonds is 4. The van der Waals surface area contributed by atoms with Gasteiger partial charge >= 0.3 is 0 Å². The predicted octanol–water partition coefficient (Wildman–Crippen LogP) is 1.65. The third kappa shape index (κ3) is 2.93. The number of imidazole rings is 1. The molecule has 2 heterocycles. The maximum atomic E-state index is 12.8. The van der Waals surface area contributed by atoms with E-state index in [1.807, 2.05) is 6.20 Å². The standard InChI is InChI=1S/C15H16FN3O/c16-13-3-1-12(2-4-13)9-14(20)10-18-7-8-19-6-5-17-15(19)11-18/h1-6H,7-11H2. The average Bonchev–Trinajstić information content (AvgIpc) is 2.89. The molecule has 4 nitrogen and oxygen atoms in total. The van der Waals surface area contributed by atoms with E-state index >= 15 is 0 Å². The molecule has 1 aliphatic heterocycles. The van der Waals surface area contributed by atoms with Crippen molar-refractivity contribution in [3.8, 4) is 0 Å². The van der Waals surface area contributed by atoms with Crippen LogP contribution in [0, 0.1) is 5.82 Å². The van der Waals surface area contributed by atoms with E-state index in [4.69, 9.17) is 0 Å². The van der Waals surface area contributed by atoms with E-state index in [1.165, 1.54) is 12.1 Å². The Morgan fingerprint density at radius 3 is 2.85 bits per heavy atom. The highest BCUT2D eigenvalue weighted by Gasteiger charge is 2.18. The highest BCUT2D eigenvalue weighted by molar-refractivity contribution is 5.82. The smallest absolute Gasteiger partial charge is 0.151 e. The van der Waals surface area contributed by atoms with Crippen molar-refractivity contribution in [3.63, 3.8) is 0 Å². The molecular formula is C15H16FN3O. The van der Waals surface area contributed by atoms with Gasteiger partial charge in [-0.1, -0.05) is 12.1 Å². The van der Waals surface area contributed by atoms with E-state index in [0.29, 0.717) is 19.5 Å². The molecule has 0 saturated heterocycles. The van der Waals surface area contributed by atoms with Gasteiger partial charge in [0, 0.05) is 31.9 Å². The lowest BCUT2D eigenvalue weighted by Gasteiger charge is -2.26. The maximum Gasteiger partial charge on any atom is 0.151 e. The van der Waals surface area contributed by atoms with Gasteiger partial charge in [-0.15, -0.1) is 0 Å². The molecule has 1 aliphatic rings. The molecule has 0 bridgehead atoms. The molecule has 20 heavy (non-hydrogen) atoms. The molecular weight excluding hydrogens is 257 g/mol. The third-order valence-electron chi connectivity index (χ3n) is 3.54. The molecule has 5 heteroatoms. The summed E-state index contributed by atoms with van der Waals surface area (Å²) in [5, 5.41) is 0. The van der Waals surface area contributed by atoms with E-state index < -0.39 is 0 Å². The first-order valence-electron chi connectivity index (χ1n) is 6.69. The summed E-state index contributed by atoms with van der Waals surface area (Å²) in [4.78, 5) is 18.4. The highest BCUT2D eigenvalue weighted by Crippen LogP contribution is 2.11. The van der Waals surface area contributed by atoms with Crippen LogP contribution in [0.3, 0.4) is 0 Å². The minimum atomic E-state index is -0.274. The van der Waals surface area contributed by atoms with Crippen molar-refractivity contribution in [2.24, 2.45) is 0 Å². The van der Waals surface area contributed by atoms with Gasteiger partial charge in [0.25, 0.3) is 0 Å². The molecule has 0 saturated carbocycles. The van der Waals surface area contributed by atoms with Gasteiger partial charge in [-0.25, -0.2) is 9.37 Å². The Morgan fingerprint density at radius 1 is 1.25 bits per heavy atom. The summed E-state index contributed by atoms with van der Waals surface area (Å²) in [5.74, 6) is 0.881. The number of aromatic nitrogens is 2. The van der Waals surface area contributed by atoms with Crippen LogP contribution >= 0.6 is 0 Å². The summed E-state index contributed by atoms with van der Waals surface area (Å²) in [6.07, 6.45) is 4.11. The normalized spacial score (nSPS) is 15.1. The number of hydrogen-bond acceptors (Lipinski definition) is 3. The summed E-state index contributed by atoms with van der Waals surface area (Å²) in [5.41, 5.74) is 0.856. The second kappa shape index (κ2) is 5.54. The lowest BCUT2D eigenvalue weighted by atomic mass is 10.1. The van der Waals surface area contributed by atoms with E-state index in [9.17, 15) is 9.18 Å². The molecule has 2 aromatic rings. The van der Waals surface area contributed by atoms with Gasteiger partial charge in [-0.2, -0.15) is 0 Å². The monoisotopic (exact) mass is 273 g/mol. The molecule has 0 amide bonds. The van der Waals surface area contributed by atoms with Crippen LogP contribution in [0.5, 0.6) is 0 Å². The van der Waals surface area contributed by atoms with Gasteiger partial charge in [0.2, 0.25) is 0 Å². The molecule has 0 fully saturated rings. The highest BCUT2D eigenvalue weighted by atomic mass is 19.1. The van der Waals surface area contributed by atoms with Crippen LogP contribution in [-0.4, -0.2) is 33.3 Å². The summed E-state index contributed by atoms with van der Waals surface area (Å²) in [6, 6.07) is 6.10. The molecule has 0 spiro atoms. The second-order valence-electron chi connectivity index (χ2n) is 5.09. The Morgan fingerprint density at radius 2 is 2.05 bits per heavy atom. The lowest BCUT2D eigenvalue weighted by molar-refractivity contribution is -0.119. The van der Waals surface area contributed by atoms with Crippen molar-refractivity contribution in [1.82, 2.24) is 14.5 Å². The van der Waals surface area contributed by atoms with Crippen molar-refractivity contribution in [2.75, 3.05) is 13.1 Å². The summed E-state index contributed by atoms with van der Waals surface area (Å²) < 4.78 is 14.9. The fourth-order valence-electron chi connectivity index (χ4n) is 2.49. The Hall–Kier alpha value is -2.01. The fourth-order valence-corrected chi connectivity index (χ4v) is 2.49. The van der Waals surface area contributed by atoms with Gasteiger partial charge in [-0.3, -0.25) is 9.69 Å². The molecule has 3 rings (SSSR count). The van der Waals surface area contributed by atoms with Crippen molar-refractivity contribution in [1.29, 1.82) is 0 Å². The first-order valence-corrected chi connectivity index (χ1v) is 6.69. The van der Waals surface area contributed by atoms with Gasteiger partial charge < -0.3 is 4.57 Å². The van der Waals surface area contributed by atoms with Crippen LogP contribution < -0.4 is 0 Å². The number of benzene rings is 1. The Balaban J connectivity index is 1.56. The predicted molar refractivity (Wildman–Crippen MR) is 72.6 cm³/mol. The molecule has 0 atom stereocenters. The van der Waals surface area contributed by atoms with Crippen LogP contribution in [0.1, 0.15) is 11.4 Å². The zero-order chi connectivity index (χ0) is 13.9.